The van der Waals surface area contributed by atoms with Gasteiger partial charge in [0.1, 0.15) is 0 Å². The number of rotatable bonds is 4. The predicted molar refractivity (Wildman–Crippen MR) is 40.8 cm³/mol. The zero-order chi connectivity index (χ0) is 8.91. The molecule has 1 N–H and O–H groups in total. The highest BCUT2D eigenvalue weighted by Crippen LogP contribution is 2.32. The number of hydrogen-bond acceptors (Lipinski definition) is 2. The van der Waals surface area contributed by atoms with Crippen molar-refractivity contribution < 1.29 is 14.0 Å². The summed E-state index contributed by atoms with van der Waals surface area (Å²) in [5.41, 5.74) is -1.10. The van der Waals surface area contributed by atoms with Crippen molar-refractivity contribution in [1.82, 2.24) is 0 Å². The summed E-state index contributed by atoms with van der Waals surface area (Å²) in [6.07, 6.45) is 0.850. The van der Waals surface area contributed by atoms with E-state index in [1.54, 1.807) is 13.8 Å². The van der Waals surface area contributed by atoms with Gasteiger partial charge in [-0.25, -0.2) is 6.57 Å². The fraction of sp³-hybridized carbons (Fsp3) is 0.833. The molecule has 0 aromatic rings. The molecule has 11 heavy (non-hydrogen) atoms. The molecule has 0 aliphatic heterocycles. The van der Waals surface area contributed by atoms with Gasteiger partial charge >= 0.3 is 14.0 Å². The molecule has 1 unspecified atom stereocenters. The Balaban J connectivity index is 4.32. The topological polar surface area (TPSA) is 50.9 Å². The lowest BCUT2D eigenvalue weighted by Gasteiger charge is -2.08. The molecular weight excluding hydrogens is 165 g/mol. The van der Waals surface area contributed by atoms with Gasteiger partial charge in [-0.15, -0.1) is 4.89 Å². The highest BCUT2D eigenvalue weighted by atomic mass is 31.1. The van der Waals surface area contributed by atoms with Crippen LogP contribution in [0.25, 0.3) is 4.85 Å². The summed E-state index contributed by atoms with van der Waals surface area (Å²) in [6, 6.07) is 0. The zero-order valence-corrected chi connectivity index (χ0v) is 7.47. The highest BCUT2D eigenvalue weighted by Gasteiger charge is 2.43. The van der Waals surface area contributed by atoms with Gasteiger partial charge in [-0.1, -0.05) is 13.8 Å². The van der Waals surface area contributed by atoms with Gasteiger partial charge in [-0.2, -0.15) is 0 Å². The maximum absolute atomic E-state index is 10.3. The third-order valence-electron chi connectivity index (χ3n) is 1.56. The molecule has 0 aromatic heterocycles. The average molecular weight is 176 g/mol. The maximum atomic E-state index is 10.3. The van der Waals surface area contributed by atoms with Crippen LogP contribution in [-0.4, -0.2) is 10.6 Å². The van der Waals surface area contributed by atoms with Crippen LogP contribution in [0.2, 0.25) is 0 Å². The highest BCUT2D eigenvalue weighted by molar-refractivity contribution is 7.32. The third-order valence-corrected chi connectivity index (χ3v) is 2.05. The first-order valence-electron chi connectivity index (χ1n) is 3.34. The van der Waals surface area contributed by atoms with Crippen molar-refractivity contribution in [3.05, 3.63) is 11.4 Å². The summed E-state index contributed by atoms with van der Waals surface area (Å²) in [5, 5.41) is 0. The Hall–Kier alpha value is -0.490. The van der Waals surface area contributed by atoms with E-state index >= 15 is 0 Å². The van der Waals surface area contributed by atoms with Gasteiger partial charge in [0.05, 0.1) is 12.8 Å². The van der Waals surface area contributed by atoms with Crippen LogP contribution < -0.4 is 0 Å². The van der Waals surface area contributed by atoms with Crippen molar-refractivity contribution in [2.24, 2.45) is 0 Å². The Morgan fingerprint density at radius 1 is 1.64 bits per heavy atom. The Morgan fingerprint density at radius 2 is 2.09 bits per heavy atom. The van der Waals surface area contributed by atoms with Crippen molar-refractivity contribution in [2.45, 2.75) is 32.4 Å². The lowest BCUT2D eigenvalue weighted by atomic mass is 10.1. The minimum atomic E-state index is -2.67. The van der Waals surface area contributed by atoms with Crippen molar-refractivity contribution in [3.8, 4) is 0 Å². The fourth-order valence-corrected chi connectivity index (χ4v) is 1.29. The molecule has 0 saturated carbocycles. The third kappa shape index (κ3) is 2.94. The molecule has 5 heteroatoms. The molecule has 0 aliphatic carbocycles. The minimum absolute atomic E-state index is 0.425. The second-order valence-electron chi connectivity index (χ2n) is 2.09. The molecular formula is C6H11NO3P+. The Labute approximate surface area is 67.0 Å². The molecule has 62 valence electrons. The molecule has 0 radical (unpaired) electrons. The quantitative estimate of drug-likeness (QED) is 0.527. The van der Waals surface area contributed by atoms with Crippen molar-refractivity contribution in [1.29, 1.82) is 0 Å². The van der Waals surface area contributed by atoms with Crippen LogP contribution in [0.1, 0.15) is 26.7 Å². The molecule has 0 fully saturated rings. The number of nitrogens with zero attached hydrogens (tertiary/aromatic N) is 1. The molecule has 0 bridgehead atoms. The Kier molecular flexibility index (Phi) is 4.20. The van der Waals surface area contributed by atoms with E-state index in [1.165, 1.54) is 0 Å². The van der Waals surface area contributed by atoms with Gasteiger partial charge < -0.3 is 0 Å². The first-order chi connectivity index (χ1) is 5.10. The van der Waals surface area contributed by atoms with E-state index in [-0.39, 0.29) is 0 Å². The van der Waals surface area contributed by atoms with Crippen LogP contribution in [0.4, 0.5) is 0 Å². The van der Waals surface area contributed by atoms with Crippen molar-refractivity contribution in [2.75, 3.05) is 0 Å². The van der Waals surface area contributed by atoms with Gasteiger partial charge in [0.15, 0.2) is 0 Å². The molecule has 0 saturated heterocycles. The molecule has 1 atom stereocenters. The summed E-state index contributed by atoms with van der Waals surface area (Å²) in [4.78, 5) is 11.6. The van der Waals surface area contributed by atoms with Crippen molar-refractivity contribution >= 4 is 8.25 Å². The monoisotopic (exact) mass is 176 g/mol. The van der Waals surface area contributed by atoms with Crippen LogP contribution in [0.5, 0.6) is 0 Å². The molecule has 0 heterocycles. The molecule has 0 amide bonds. The van der Waals surface area contributed by atoms with E-state index in [2.05, 4.69) is 9.37 Å². The van der Waals surface area contributed by atoms with E-state index in [1.807, 2.05) is 0 Å². The van der Waals surface area contributed by atoms with Gasteiger partial charge in [0, 0.05) is 4.57 Å². The van der Waals surface area contributed by atoms with E-state index in [9.17, 15) is 4.57 Å². The normalized spacial score (nSPS) is 12.4. The van der Waals surface area contributed by atoms with E-state index in [0.29, 0.717) is 12.8 Å². The maximum Gasteiger partial charge on any atom is 0.702 e. The first-order valence-corrected chi connectivity index (χ1v) is 4.47. The fourth-order valence-electron chi connectivity index (χ4n) is 0.703. The van der Waals surface area contributed by atoms with Crippen LogP contribution in [0.3, 0.4) is 0 Å². The predicted octanol–water partition coefficient (Wildman–Crippen LogP) is 2.09. The van der Waals surface area contributed by atoms with E-state index < -0.39 is 14.0 Å². The smallest absolute Gasteiger partial charge is 0.276 e. The van der Waals surface area contributed by atoms with Gasteiger partial charge in [0.2, 0.25) is 0 Å². The SMILES string of the molecule is [C-]#[N+]C(CC)(CC)O[P+](=O)O. The standard InChI is InChI=1S/C6H10NO3P/c1-4-6(5-2,7-3)10-11(8)9/h4-5H2,1-2H3/p+1. The summed E-state index contributed by atoms with van der Waals surface area (Å²) in [7, 11) is -2.67. The van der Waals surface area contributed by atoms with Gasteiger partial charge in [0.25, 0.3) is 0 Å². The molecule has 0 aliphatic rings. The largest absolute Gasteiger partial charge is 0.702 e. The second-order valence-corrected chi connectivity index (χ2v) is 2.75. The zero-order valence-electron chi connectivity index (χ0n) is 6.57. The summed E-state index contributed by atoms with van der Waals surface area (Å²) < 4.78 is 14.9. The first kappa shape index (κ1) is 10.5. The van der Waals surface area contributed by atoms with Crippen LogP contribution in [0.15, 0.2) is 0 Å². The molecule has 0 rings (SSSR count). The summed E-state index contributed by atoms with van der Waals surface area (Å²) >= 11 is 0. The lowest BCUT2D eigenvalue weighted by molar-refractivity contribution is 0.102. The second kappa shape index (κ2) is 4.40. The molecule has 0 aromatic carbocycles. The van der Waals surface area contributed by atoms with Crippen LogP contribution in [0, 0.1) is 6.57 Å². The van der Waals surface area contributed by atoms with Crippen LogP contribution in [-0.2, 0) is 9.09 Å². The molecule has 0 spiro atoms. The Morgan fingerprint density at radius 3 is 2.18 bits per heavy atom. The van der Waals surface area contributed by atoms with Gasteiger partial charge in [-0.05, 0) is 4.52 Å². The molecule has 4 nitrogen and oxygen atoms in total. The summed E-state index contributed by atoms with van der Waals surface area (Å²) in [6.45, 7) is 10.3. The summed E-state index contributed by atoms with van der Waals surface area (Å²) in [5.74, 6) is 0. The van der Waals surface area contributed by atoms with Gasteiger partial charge in [-0.3, -0.25) is 4.85 Å². The van der Waals surface area contributed by atoms with Crippen LogP contribution >= 0.6 is 8.25 Å². The lowest BCUT2D eigenvalue weighted by Crippen LogP contribution is -2.23. The average Bonchev–Trinajstić information content (AvgIpc) is 2.00. The Bertz CT molecular complexity index is 183. The minimum Gasteiger partial charge on any atom is -0.276 e. The van der Waals surface area contributed by atoms with E-state index in [4.69, 9.17) is 11.5 Å². The number of hydrogen-bond donors (Lipinski definition) is 1. The van der Waals surface area contributed by atoms with Crippen molar-refractivity contribution in [3.63, 3.8) is 0 Å². The van der Waals surface area contributed by atoms with E-state index in [0.717, 1.165) is 0 Å².